The molecule has 1 aliphatic carbocycles. The minimum Gasteiger partial charge on any atom is -0.505 e. The van der Waals surface area contributed by atoms with Gasteiger partial charge in [-0.25, -0.2) is 0 Å². The number of methoxy groups -OCH3 is 1. The summed E-state index contributed by atoms with van der Waals surface area (Å²) in [7, 11) is 1.71. The van der Waals surface area contributed by atoms with E-state index < -0.39 is 0 Å². The van der Waals surface area contributed by atoms with Crippen molar-refractivity contribution >= 4 is 0 Å². The highest BCUT2D eigenvalue weighted by Gasteiger charge is 2.50. The Balaban J connectivity index is 0.000000771. The van der Waals surface area contributed by atoms with Crippen molar-refractivity contribution in [2.75, 3.05) is 7.11 Å². The van der Waals surface area contributed by atoms with Gasteiger partial charge in [0.25, 0.3) is 0 Å². The summed E-state index contributed by atoms with van der Waals surface area (Å²) >= 11 is 0. The van der Waals surface area contributed by atoms with Gasteiger partial charge in [0, 0.05) is 0 Å². The molecule has 0 spiro atoms. The molecule has 3 atom stereocenters. The van der Waals surface area contributed by atoms with Crippen molar-refractivity contribution in [1.29, 1.82) is 0 Å². The van der Waals surface area contributed by atoms with Crippen molar-refractivity contribution in [2.45, 2.75) is 40.0 Å². The van der Waals surface area contributed by atoms with Crippen molar-refractivity contribution in [3.63, 3.8) is 0 Å². The Morgan fingerprint density at radius 2 is 1.89 bits per heavy atom. The summed E-state index contributed by atoms with van der Waals surface area (Å²) in [5, 5.41) is 0. The van der Waals surface area contributed by atoms with E-state index in [-0.39, 0.29) is 0 Å². The van der Waals surface area contributed by atoms with Crippen molar-refractivity contribution < 1.29 is 4.74 Å². The van der Waals surface area contributed by atoms with Crippen LogP contribution in [-0.2, 0) is 4.74 Å². The van der Waals surface area contributed by atoms with E-state index >= 15 is 0 Å². The van der Waals surface area contributed by atoms with Crippen LogP contribution in [0.4, 0.5) is 0 Å². The number of hydrogen-bond donors (Lipinski definition) is 0. The highest BCUT2D eigenvalue weighted by Crippen LogP contribution is 2.59. The molecule has 0 saturated heterocycles. The Bertz CT molecular complexity index is 368. The minimum absolute atomic E-state index is 0.339. The molecule has 1 saturated carbocycles. The van der Waals surface area contributed by atoms with Gasteiger partial charge in [0.15, 0.2) is 0 Å². The second-order valence-corrected chi connectivity index (χ2v) is 5.05. The minimum atomic E-state index is 0.339. The van der Waals surface area contributed by atoms with Gasteiger partial charge >= 0.3 is 0 Å². The Morgan fingerprint density at radius 3 is 2.44 bits per heavy atom. The zero-order valence-corrected chi connectivity index (χ0v) is 12.3. The van der Waals surface area contributed by atoms with E-state index in [2.05, 4.69) is 50.3 Å². The Hall–Kier alpha value is -1.24. The summed E-state index contributed by atoms with van der Waals surface area (Å²) in [6.45, 7) is 8.64. The van der Waals surface area contributed by atoms with E-state index in [0.29, 0.717) is 11.3 Å². The molecule has 2 rings (SSSR count). The third-order valence-electron chi connectivity index (χ3n) is 3.86. The molecule has 0 amide bonds. The number of rotatable bonds is 4. The second-order valence-electron chi connectivity index (χ2n) is 5.05. The molecule has 0 aliphatic heterocycles. The first-order valence-corrected chi connectivity index (χ1v) is 6.93. The van der Waals surface area contributed by atoms with Gasteiger partial charge in [0.05, 0.1) is 13.4 Å². The normalized spacial score (nSPS) is 27.3. The number of hydrogen-bond acceptors (Lipinski definition) is 1. The van der Waals surface area contributed by atoms with Crippen molar-refractivity contribution in [1.82, 2.24) is 0 Å². The fraction of sp³-hybridized carbons (Fsp3) is 0.529. The number of allylic oxidation sites excluding steroid dienone is 1. The van der Waals surface area contributed by atoms with Gasteiger partial charge in [0.1, 0.15) is 0 Å². The van der Waals surface area contributed by atoms with Crippen LogP contribution in [0.5, 0.6) is 0 Å². The average molecular weight is 246 g/mol. The number of benzene rings is 1. The van der Waals surface area contributed by atoms with Crippen LogP contribution in [0, 0.1) is 11.3 Å². The van der Waals surface area contributed by atoms with Gasteiger partial charge in [-0.05, 0) is 35.3 Å². The molecule has 1 aromatic carbocycles. The second kappa shape index (κ2) is 6.63. The maximum absolute atomic E-state index is 5.01. The third-order valence-corrected chi connectivity index (χ3v) is 3.86. The smallest absolute Gasteiger partial charge is 0.0790 e. The maximum Gasteiger partial charge on any atom is 0.0790 e. The van der Waals surface area contributed by atoms with E-state index in [1.807, 2.05) is 20.1 Å². The molecule has 0 heterocycles. The van der Waals surface area contributed by atoms with Crippen LogP contribution < -0.4 is 0 Å². The van der Waals surface area contributed by atoms with Crippen LogP contribution in [0.25, 0.3) is 0 Å². The summed E-state index contributed by atoms with van der Waals surface area (Å²) in [5.74, 6) is 1.38. The zero-order chi connectivity index (χ0) is 13.6. The summed E-state index contributed by atoms with van der Waals surface area (Å²) in [6.07, 6.45) is 5.29. The van der Waals surface area contributed by atoms with Gasteiger partial charge in [-0.2, -0.15) is 0 Å². The first-order chi connectivity index (χ1) is 8.67. The predicted octanol–water partition coefficient (Wildman–Crippen LogP) is 5.00. The van der Waals surface area contributed by atoms with Gasteiger partial charge < -0.3 is 4.74 Å². The fourth-order valence-electron chi connectivity index (χ4n) is 2.57. The lowest BCUT2D eigenvalue weighted by molar-refractivity contribution is 0.332. The molecule has 0 N–H and O–H groups in total. The van der Waals surface area contributed by atoms with Gasteiger partial charge in [-0.1, -0.05) is 58.0 Å². The van der Waals surface area contributed by atoms with Crippen molar-refractivity contribution in [3.8, 4) is 0 Å². The molecule has 0 radical (unpaired) electrons. The quantitative estimate of drug-likeness (QED) is 0.679. The van der Waals surface area contributed by atoms with E-state index in [1.54, 1.807) is 7.11 Å². The molecule has 1 aliphatic rings. The lowest BCUT2D eigenvalue weighted by Crippen LogP contribution is -2.02. The molecule has 0 bridgehead atoms. The van der Waals surface area contributed by atoms with E-state index in [1.165, 1.54) is 12.0 Å². The SMILES string of the molecule is CC.CO/C=C\[C@@]1(C)C[C@H]1C(C)c1ccccc1. The number of ether oxygens (including phenoxy) is 1. The summed E-state index contributed by atoms with van der Waals surface area (Å²) in [5.41, 5.74) is 1.78. The Kier molecular flexibility index (Phi) is 5.46. The molecular weight excluding hydrogens is 220 g/mol. The standard InChI is InChI=1S/C15H20O.C2H6/c1-12(13-7-5-4-6-8-13)14-11-15(14,2)9-10-16-3;1-2/h4-10,12,14H,11H2,1-3H3;1-2H3/b10-9-;/t12?,14-,15-;/m0./s1. The fourth-order valence-corrected chi connectivity index (χ4v) is 2.57. The van der Waals surface area contributed by atoms with Crippen LogP contribution >= 0.6 is 0 Å². The Morgan fingerprint density at radius 1 is 1.28 bits per heavy atom. The van der Waals surface area contributed by atoms with Crippen molar-refractivity contribution in [3.05, 3.63) is 48.2 Å². The summed E-state index contributed by atoms with van der Waals surface area (Å²) < 4.78 is 5.01. The maximum atomic E-state index is 5.01. The molecule has 1 unspecified atom stereocenters. The highest BCUT2D eigenvalue weighted by atomic mass is 16.5. The molecular formula is C17H26O. The van der Waals surface area contributed by atoms with Gasteiger partial charge in [-0.3, -0.25) is 0 Å². The van der Waals surface area contributed by atoms with Gasteiger partial charge in [0.2, 0.25) is 0 Å². The van der Waals surface area contributed by atoms with Gasteiger partial charge in [-0.15, -0.1) is 0 Å². The largest absolute Gasteiger partial charge is 0.505 e. The lowest BCUT2D eigenvalue weighted by atomic mass is 9.91. The van der Waals surface area contributed by atoms with E-state index in [4.69, 9.17) is 4.74 Å². The van der Waals surface area contributed by atoms with Crippen LogP contribution in [0.3, 0.4) is 0 Å². The molecule has 100 valence electrons. The van der Waals surface area contributed by atoms with Crippen LogP contribution in [-0.4, -0.2) is 7.11 Å². The molecule has 0 aromatic heterocycles. The molecule has 1 aromatic rings. The monoisotopic (exact) mass is 246 g/mol. The summed E-state index contributed by atoms with van der Waals surface area (Å²) in [4.78, 5) is 0. The summed E-state index contributed by atoms with van der Waals surface area (Å²) in [6, 6.07) is 10.8. The van der Waals surface area contributed by atoms with E-state index in [0.717, 1.165) is 5.92 Å². The van der Waals surface area contributed by atoms with Crippen LogP contribution in [0.1, 0.15) is 45.6 Å². The molecule has 1 fully saturated rings. The zero-order valence-electron chi connectivity index (χ0n) is 12.3. The average Bonchev–Trinajstić information content (AvgIpc) is 3.11. The Labute approximate surface area is 112 Å². The molecule has 1 nitrogen and oxygen atoms in total. The first kappa shape index (κ1) is 14.8. The molecule has 1 heteroatoms. The van der Waals surface area contributed by atoms with Crippen molar-refractivity contribution in [2.24, 2.45) is 11.3 Å². The third kappa shape index (κ3) is 3.38. The van der Waals surface area contributed by atoms with Crippen LogP contribution in [0.15, 0.2) is 42.7 Å². The highest BCUT2D eigenvalue weighted by molar-refractivity contribution is 5.25. The van der Waals surface area contributed by atoms with E-state index in [9.17, 15) is 0 Å². The predicted molar refractivity (Wildman–Crippen MR) is 78.6 cm³/mol. The topological polar surface area (TPSA) is 9.23 Å². The first-order valence-electron chi connectivity index (χ1n) is 6.93. The molecule has 18 heavy (non-hydrogen) atoms. The lowest BCUT2D eigenvalue weighted by Gasteiger charge is -2.14. The van der Waals surface area contributed by atoms with Crippen LogP contribution in [0.2, 0.25) is 0 Å².